The van der Waals surface area contributed by atoms with E-state index in [0.29, 0.717) is 0 Å². The Hall–Kier alpha value is -2.89. The summed E-state index contributed by atoms with van der Waals surface area (Å²) in [6, 6.07) is 4.92. The molecule has 0 fully saturated rings. The van der Waals surface area contributed by atoms with Gasteiger partial charge in [0.1, 0.15) is 11.3 Å². The second kappa shape index (κ2) is 3.55. The highest BCUT2D eigenvalue weighted by Crippen LogP contribution is 2.41. The van der Waals surface area contributed by atoms with Crippen LogP contribution in [0.4, 0.5) is 0 Å². The van der Waals surface area contributed by atoms with Gasteiger partial charge in [0, 0.05) is 0 Å². The van der Waals surface area contributed by atoms with Crippen molar-refractivity contribution in [3.05, 3.63) is 34.5 Å². The minimum absolute atomic E-state index is 0.0918. The van der Waals surface area contributed by atoms with Crippen LogP contribution in [0, 0.1) is 0 Å². The average molecular weight is 260 g/mol. The lowest BCUT2D eigenvalue weighted by Crippen LogP contribution is -2.02. The van der Waals surface area contributed by atoms with Crippen molar-refractivity contribution in [3.63, 3.8) is 0 Å². The molecule has 2 aromatic carbocycles. The first-order chi connectivity index (χ1) is 8.99. The van der Waals surface area contributed by atoms with Crippen LogP contribution in [-0.2, 0) is 0 Å². The molecule has 0 radical (unpaired) electrons. The molecule has 1 heterocycles. The van der Waals surface area contributed by atoms with Crippen LogP contribution in [0.2, 0.25) is 0 Å². The van der Waals surface area contributed by atoms with Crippen LogP contribution in [0.25, 0.3) is 21.9 Å². The smallest absolute Gasteiger partial charge is 0.205 e. The Balaban J connectivity index is 2.62. The molecule has 0 saturated heterocycles. The third-order valence-electron chi connectivity index (χ3n) is 2.87. The summed E-state index contributed by atoms with van der Waals surface area (Å²) in [5.41, 5.74) is -0.605. The fourth-order valence-electron chi connectivity index (χ4n) is 1.94. The Labute approximate surface area is 105 Å². The Bertz CT molecular complexity index is 878. The van der Waals surface area contributed by atoms with Crippen LogP contribution < -0.4 is 5.43 Å². The van der Waals surface area contributed by atoms with Crippen LogP contribution in [0.15, 0.2) is 33.5 Å². The predicted molar refractivity (Wildman–Crippen MR) is 66.6 cm³/mol. The van der Waals surface area contributed by atoms with Gasteiger partial charge >= 0.3 is 0 Å². The monoisotopic (exact) mass is 260 g/mol. The third-order valence-corrected chi connectivity index (χ3v) is 2.87. The van der Waals surface area contributed by atoms with Crippen molar-refractivity contribution in [2.45, 2.75) is 0 Å². The van der Waals surface area contributed by atoms with Gasteiger partial charge in [0.15, 0.2) is 11.3 Å². The van der Waals surface area contributed by atoms with Crippen molar-refractivity contribution < 1.29 is 24.8 Å². The van der Waals surface area contributed by atoms with Gasteiger partial charge in [-0.25, -0.2) is 0 Å². The summed E-state index contributed by atoms with van der Waals surface area (Å²) in [7, 11) is 0. The summed E-state index contributed by atoms with van der Waals surface area (Å²) in [5, 5.41) is 37.9. The van der Waals surface area contributed by atoms with E-state index in [4.69, 9.17) is 4.42 Å². The SMILES string of the molecule is O=c1c2cc(O)ccc2oc2c(O)c(O)c(O)cc12. The zero-order valence-corrected chi connectivity index (χ0v) is 9.41. The molecule has 0 aliphatic carbocycles. The van der Waals surface area contributed by atoms with Crippen molar-refractivity contribution in [2.24, 2.45) is 0 Å². The molecule has 19 heavy (non-hydrogen) atoms. The molecular formula is C13H8O6. The molecule has 6 nitrogen and oxygen atoms in total. The maximum Gasteiger partial charge on any atom is 0.205 e. The fourth-order valence-corrected chi connectivity index (χ4v) is 1.94. The van der Waals surface area contributed by atoms with Gasteiger partial charge < -0.3 is 24.8 Å². The van der Waals surface area contributed by atoms with Crippen LogP contribution >= 0.6 is 0 Å². The van der Waals surface area contributed by atoms with Gasteiger partial charge in [0.2, 0.25) is 16.9 Å². The highest BCUT2D eigenvalue weighted by molar-refractivity contribution is 5.95. The number of phenolic OH excluding ortho intramolecular Hbond substituents is 4. The molecule has 0 atom stereocenters. The van der Waals surface area contributed by atoms with E-state index in [1.807, 2.05) is 0 Å². The Morgan fingerprint density at radius 2 is 1.63 bits per heavy atom. The van der Waals surface area contributed by atoms with Crippen molar-refractivity contribution in [1.82, 2.24) is 0 Å². The molecule has 0 aliphatic rings. The minimum Gasteiger partial charge on any atom is -0.508 e. The van der Waals surface area contributed by atoms with E-state index >= 15 is 0 Å². The number of hydrogen-bond acceptors (Lipinski definition) is 6. The number of fused-ring (bicyclic) bond motifs is 2. The lowest BCUT2D eigenvalue weighted by atomic mass is 10.1. The van der Waals surface area contributed by atoms with Gasteiger partial charge in [-0.2, -0.15) is 0 Å². The zero-order valence-electron chi connectivity index (χ0n) is 9.41. The van der Waals surface area contributed by atoms with Gasteiger partial charge in [-0.3, -0.25) is 4.79 Å². The van der Waals surface area contributed by atoms with E-state index < -0.39 is 22.7 Å². The molecular weight excluding hydrogens is 252 g/mol. The standard InChI is InChI=1S/C13H8O6/c14-5-1-2-9-6(3-5)10(16)7-4-8(15)11(17)12(18)13(7)19-9/h1-4,14-15,17-18H. The quantitative estimate of drug-likeness (QED) is 0.362. The number of aromatic hydroxyl groups is 4. The van der Waals surface area contributed by atoms with Gasteiger partial charge in [0.25, 0.3) is 0 Å². The summed E-state index contributed by atoms with van der Waals surface area (Å²) in [4.78, 5) is 12.2. The summed E-state index contributed by atoms with van der Waals surface area (Å²) in [6.45, 7) is 0. The minimum atomic E-state index is -0.756. The fraction of sp³-hybridized carbons (Fsp3) is 0. The van der Waals surface area contributed by atoms with E-state index in [1.54, 1.807) is 0 Å². The molecule has 96 valence electrons. The van der Waals surface area contributed by atoms with Crippen LogP contribution in [0.5, 0.6) is 23.0 Å². The lowest BCUT2D eigenvalue weighted by molar-refractivity contribution is 0.367. The third kappa shape index (κ3) is 1.46. The molecule has 0 amide bonds. The molecule has 0 spiro atoms. The first-order valence-corrected chi connectivity index (χ1v) is 5.32. The molecule has 0 bridgehead atoms. The first kappa shape index (κ1) is 11.2. The van der Waals surface area contributed by atoms with Crippen molar-refractivity contribution in [2.75, 3.05) is 0 Å². The van der Waals surface area contributed by atoms with E-state index in [-0.39, 0.29) is 27.7 Å². The predicted octanol–water partition coefficient (Wildman–Crippen LogP) is 1.77. The number of rotatable bonds is 0. The number of hydrogen-bond donors (Lipinski definition) is 4. The topological polar surface area (TPSA) is 111 Å². The molecule has 4 N–H and O–H groups in total. The summed E-state index contributed by atoms with van der Waals surface area (Å²) in [5.74, 6) is -2.20. The molecule has 1 aromatic heterocycles. The van der Waals surface area contributed by atoms with Crippen LogP contribution in [-0.4, -0.2) is 20.4 Å². The molecule has 0 aliphatic heterocycles. The van der Waals surface area contributed by atoms with Crippen molar-refractivity contribution in [3.8, 4) is 23.0 Å². The van der Waals surface area contributed by atoms with E-state index in [1.165, 1.54) is 18.2 Å². The maximum atomic E-state index is 12.2. The van der Waals surface area contributed by atoms with Crippen LogP contribution in [0.3, 0.4) is 0 Å². The van der Waals surface area contributed by atoms with E-state index in [9.17, 15) is 25.2 Å². The number of phenols is 4. The highest BCUT2D eigenvalue weighted by Gasteiger charge is 2.17. The summed E-state index contributed by atoms with van der Waals surface area (Å²) in [6.07, 6.45) is 0. The molecule has 6 heteroatoms. The van der Waals surface area contributed by atoms with E-state index in [2.05, 4.69) is 0 Å². The van der Waals surface area contributed by atoms with Crippen molar-refractivity contribution >= 4 is 21.9 Å². The van der Waals surface area contributed by atoms with Gasteiger partial charge in [0.05, 0.1) is 10.8 Å². The number of benzene rings is 2. The first-order valence-electron chi connectivity index (χ1n) is 5.32. The largest absolute Gasteiger partial charge is 0.508 e. The summed E-state index contributed by atoms with van der Waals surface area (Å²) < 4.78 is 5.32. The zero-order chi connectivity index (χ0) is 13.7. The molecule has 3 aromatic rings. The second-order valence-electron chi connectivity index (χ2n) is 4.08. The lowest BCUT2D eigenvalue weighted by Gasteiger charge is -2.06. The van der Waals surface area contributed by atoms with Crippen LogP contribution in [0.1, 0.15) is 0 Å². The Morgan fingerprint density at radius 1 is 0.895 bits per heavy atom. The maximum absolute atomic E-state index is 12.2. The van der Waals surface area contributed by atoms with Gasteiger partial charge in [-0.05, 0) is 24.3 Å². The molecule has 0 unspecified atom stereocenters. The molecule has 3 rings (SSSR count). The normalized spacial score (nSPS) is 11.2. The molecule has 0 saturated carbocycles. The van der Waals surface area contributed by atoms with Gasteiger partial charge in [-0.1, -0.05) is 0 Å². The van der Waals surface area contributed by atoms with Crippen molar-refractivity contribution in [1.29, 1.82) is 0 Å². The Morgan fingerprint density at radius 3 is 2.37 bits per heavy atom. The summed E-state index contributed by atoms with van der Waals surface area (Å²) >= 11 is 0. The second-order valence-corrected chi connectivity index (χ2v) is 4.08. The Kier molecular flexibility index (Phi) is 2.10. The van der Waals surface area contributed by atoms with E-state index in [0.717, 1.165) is 6.07 Å². The average Bonchev–Trinajstić information content (AvgIpc) is 2.39. The van der Waals surface area contributed by atoms with Gasteiger partial charge in [-0.15, -0.1) is 0 Å². The highest BCUT2D eigenvalue weighted by atomic mass is 16.4.